The summed E-state index contributed by atoms with van der Waals surface area (Å²) in [5.41, 5.74) is 7.29. The number of nitrogens with zero attached hydrogens (tertiary/aromatic N) is 3. The first-order chi connectivity index (χ1) is 13.6. The zero-order chi connectivity index (χ0) is 19.3. The quantitative estimate of drug-likeness (QED) is 0.510. The Morgan fingerprint density at radius 3 is 2.18 bits per heavy atom. The molecule has 28 heavy (non-hydrogen) atoms. The largest absolute Gasteiger partial charge is 0.378 e. The molecule has 0 amide bonds. The zero-order valence-electron chi connectivity index (χ0n) is 16.0. The first kappa shape index (κ1) is 16.8. The van der Waals surface area contributed by atoms with Crippen LogP contribution in [0, 0.1) is 0 Å². The molecular weight excluding hydrogens is 346 g/mol. The number of imidazole rings is 1. The number of Topliss-reactive ketones (excluding diaryl/α,β-unsaturated/α-hetero) is 1. The smallest absolute Gasteiger partial charge is 0.166 e. The molecule has 0 radical (unpaired) electrons. The van der Waals surface area contributed by atoms with Crippen LogP contribution in [0.25, 0.3) is 33.5 Å². The summed E-state index contributed by atoms with van der Waals surface area (Å²) in [7, 11) is 4.09. The first-order valence-corrected chi connectivity index (χ1v) is 9.52. The molecule has 0 unspecified atom stereocenters. The minimum atomic E-state index is 0.209. The average molecular weight is 367 g/mol. The van der Waals surface area contributed by atoms with Crippen molar-refractivity contribution in [3.05, 3.63) is 72.3 Å². The third kappa shape index (κ3) is 2.61. The van der Waals surface area contributed by atoms with Gasteiger partial charge in [-0.15, -0.1) is 0 Å². The van der Waals surface area contributed by atoms with E-state index in [9.17, 15) is 4.79 Å². The van der Waals surface area contributed by atoms with E-state index in [1.165, 1.54) is 16.8 Å². The molecule has 4 nitrogen and oxygen atoms in total. The van der Waals surface area contributed by atoms with Crippen molar-refractivity contribution in [3.63, 3.8) is 0 Å². The minimum Gasteiger partial charge on any atom is -0.378 e. The molecule has 138 valence electrons. The predicted octanol–water partition coefficient (Wildman–Crippen LogP) is 5.02. The van der Waals surface area contributed by atoms with Crippen LogP contribution >= 0.6 is 0 Å². The van der Waals surface area contributed by atoms with Crippen LogP contribution in [0.4, 0.5) is 5.69 Å². The molecule has 0 saturated carbocycles. The van der Waals surface area contributed by atoms with Gasteiger partial charge in [0, 0.05) is 43.9 Å². The van der Waals surface area contributed by atoms with Crippen LogP contribution in [0.5, 0.6) is 0 Å². The lowest BCUT2D eigenvalue weighted by Crippen LogP contribution is -2.14. The maximum absolute atomic E-state index is 12.2. The van der Waals surface area contributed by atoms with Gasteiger partial charge >= 0.3 is 0 Å². The third-order valence-electron chi connectivity index (χ3n) is 5.49. The summed E-state index contributed by atoms with van der Waals surface area (Å²) >= 11 is 0. The highest BCUT2D eigenvalue weighted by Crippen LogP contribution is 2.32. The normalized spacial score (nSPS) is 13.1. The fourth-order valence-electron chi connectivity index (χ4n) is 3.96. The SMILES string of the molecule is CN(C)c1ccc(-c2ccc(-c3nc4cccc5c4n3CCC5=O)cc2)cc1. The number of ketones is 1. The predicted molar refractivity (Wildman–Crippen MR) is 114 cm³/mol. The third-order valence-corrected chi connectivity index (χ3v) is 5.49. The van der Waals surface area contributed by atoms with Gasteiger partial charge in [0.05, 0.1) is 11.0 Å². The van der Waals surface area contributed by atoms with Crippen molar-refractivity contribution >= 4 is 22.5 Å². The summed E-state index contributed by atoms with van der Waals surface area (Å²) in [6, 6.07) is 22.9. The molecule has 5 rings (SSSR count). The number of aryl methyl sites for hydroxylation is 1. The van der Waals surface area contributed by atoms with Crippen LogP contribution in [-0.2, 0) is 6.54 Å². The van der Waals surface area contributed by atoms with Gasteiger partial charge in [0.15, 0.2) is 5.78 Å². The molecule has 1 aliphatic heterocycles. The topological polar surface area (TPSA) is 38.1 Å². The lowest BCUT2D eigenvalue weighted by atomic mass is 10.0. The molecule has 1 aliphatic rings. The molecule has 4 heteroatoms. The molecule has 1 aromatic heterocycles. The molecule has 0 aliphatic carbocycles. The molecule has 0 spiro atoms. The first-order valence-electron chi connectivity index (χ1n) is 9.52. The van der Waals surface area contributed by atoms with E-state index >= 15 is 0 Å². The molecular formula is C24H21N3O. The van der Waals surface area contributed by atoms with Gasteiger partial charge in [0.2, 0.25) is 0 Å². The van der Waals surface area contributed by atoms with Crippen LogP contribution in [0.15, 0.2) is 66.7 Å². The van der Waals surface area contributed by atoms with E-state index in [2.05, 4.69) is 58.0 Å². The van der Waals surface area contributed by atoms with Crippen LogP contribution < -0.4 is 4.90 Å². The van der Waals surface area contributed by atoms with Crippen LogP contribution in [0.2, 0.25) is 0 Å². The van der Waals surface area contributed by atoms with Gasteiger partial charge in [-0.2, -0.15) is 0 Å². The summed E-state index contributed by atoms with van der Waals surface area (Å²) in [6.45, 7) is 0.690. The number of benzene rings is 3. The molecule has 0 saturated heterocycles. The molecule has 2 heterocycles. The van der Waals surface area contributed by atoms with Gasteiger partial charge in [-0.3, -0.25) is 4.79 Å². The zero-order valence-corrected chi connectivity index (χ0v) is 16.0. The Morgan fingerprint density at radius 1 is 0.857 bits per heavy atom. The van der Waals surface area contributed by atoms with Gasteiger partial charge < -0.3 is 9.47 Å². The Hall–Kier alpha value is -3.40. The number of hydrogen-bond donors (Lipinski definition) is 0. The van der Waals surface area contributed by atoms with Crippen molar-refractivity contribution in [2.45, 2.75) is 13.0 Å². The van der Waals surface area contributed by atoms with Crippen molar-refractivity contribution in [1.82, 2.24) is 9.55 Å². The van der Waals surface area contributed by atoms with Crippen molar-refractivity contribution in [2.75, 3.05) is 19.0 Å². The average Bonchev–Trinajstić information content (AvgIpc) is 3.11. The Balaban J connectivity index is 1.54. The Morgan fingerprint density at radius 2 is 1.50 bits per heavy atom. The van der Waals surface area contributed by atoms with Crippen molar-refractivity contribution in [3.8, 4) is 22.5 Å². The van der Waals surface area contributed by atoms with E-state index in [1.807, 2.05) is 32.3 Å². The summed E-state index contributed by atoms with van der Waals surface area (Å²) in [6.07, 6.45) is 0.534. The Bertz CT molecular complexity index is 1190. The maximum atomic E-state index is 12.2. The summed E-state index contributed by atoms with van der Waals surface area (Å²) in [5, 5.41) is 0. The molecule has 0 bridgehead atoms. The van der Waals surface area contributed by atoms with Crippen molar-refractivity contribution in [1.29, 1.82) is 0 Å². The lowest BCUT2D eigenvalue weighted by molar-refractivity contribution is 0.0973. The van der Waals surface area contributed by atoms with Crippen LogP contribution in [-0.4, -0.2) is 29.4 Å². The number of aromatic nitrogens is 2. The molecule has 4 aromatic rings. The minimum absolute atomic E-state index is 0.209. The van der Waals surface area contributed by atoms with Crippen molar-refractivity contribution in [2.24, 2.45) is 0 Å². The van der Waals surface area contributed by atoms with Gasteiger partial charge in [-0.25, -0.2) is 4.98 Å². The molecule has 0 N–H and O–H groups in total. The Labute approximate surface area is 164 Å². The van der Waals surface area contributed by atoms with E-state index in [0.717, 1.165) is 28.0 Å². The summed E-state index contributed by atoms with van der Waals surface area (Å²) in [4.78, 5) is 19.2. The number of carbonyl (C=O) groups is 1. The fraction of sp³-hybridized carbons (Fsp3) is 0.167. The molecule has 3 aromatic carbocycles. The second-order valence-corrected chi connectivity index (χ2v) is 7.45. The number of rotatable bonds is 3. The highest BCUT2D eigenvalue weighted by molar-refractivity contribution is 6.08. The lowest BCUT2D eigenvalue weighted by Gasteiger charge is -2.16. The highest BCUT2D eigenvalue weighted by Gasteiger charge is 2.23. The van der Waals surface area contributed by atoms with E-state index in [4.69, 9.17) is 4.98 Å². The van der Waals surface area contributed by atoms with E-state index in [-0.39, 0.29) is 5.78 Å². The Kier molecular flexibility index (Phi) is 3.79. The number of para-hydroxylation sites is 1. The second-order valence-electron chi connectivity index (χ2n) is 7.45. The monoisotopic (exact) mass is 367 g/mol. The summed E-state index contributed by atoms with van der Waals surface area (Å²) < 4.78 is 2.19. The number of carbonyl (C=O) groups excluding carboxylic acids is 1. The van der Waals surface area contributed by atoms with Gasteiger partial charge in [-0.1, -0.05) is 42.5 Å². The van der Waals surface area contributed by atoms with Crippen LogP contribution in [0.3, 0.4) is 0 Å². The van der Waals surface area contributed by atoms with Gasteiger partial charge in [0.1, 0.15) is 5.82 Å². The number of hydrogen-bond acceptors (Lipinski definition) is 3. The second kappa shape index (κ2) is 6.34. The standard InChI is InChI=1S/C24H21N3O/c1-26(2)19-12-10-17(11-13-19)16-6-8-18(9-7-16)24-25-21-5-3-4-20-22(28)14-15-27(24)23(20)21/h3-13H,14-15H2,1-2H3. The molecule has 0 atom stereocenters. The van der Waals surface area contributed by atoms with E-state index in [1.54, 1.807) is 0 Å². The van der Waals surface area contributed by atoms with Gasteiger partial charge in [-0.05, 0) is 35.4 Å². The van der Waals surface area contributed by atoms with Crippen molar-refractivity contribution < 1.29 is 4.79 Å². The van der Waals surface area contributed by atoms with Crippen LogP contribution in [0.1, 0.15) is 16.8 Å². The van der Waals surface area contributed by atoms with E-state index in [0.29, 0.717) is 13.0 Å². The summed E-state index contributed by atoms with van der Waals surface area (Å²) in [5.74, 6) is 1.14. The maximum Gasteiger partial charge on any atom is 0.166 e. The molecule has 0 fully saturated rings. The fourth-order valence-corrected chi connectivity index (χ4v) is 3.96. The highest BCUT2D eigenvalue weighted by atomic mass is 16.1. The number of anilines is 1. The van der Waals surface area contributed by atoms with Gasteiger partial charge in [0.25, 0.3) is 0 Å². The van der Waals surface area contributed by atoms with E-state index < -0.39 is 0 Å².